The van der Waals surface area contributed by atoms with Gasteiger partial charge in [0.15, 0.2) is 0 Å². The van der Waals surface area contributed by atoms with Gasteiger partial charge < -0.3 is 0 Å². The fourth-order valence-electron chi connectivity index (χ4n) is 2.91. The number of aryl methyl sites for hydroxylation is 2. The monoisotopic (exact) mass is 339 g/mol. The van der Waals surface area contributed by atoms with Gasteiger partial charge in [0, 0.05) is 10.8 Å². The maximum atomic E-state index is 13.0. The van der Waals surface area contributed by atoms with Gasteiger partial charge in [0.1, 0.15) is 0 Å². The summed E-state index contributed by atoms with van der Waals surface area (Å²) in [5.41, 5.74) is 3.92. The highest BCUT2D eigenvalue weighted by Crippen LogP contribution is 2.29. The fourth-order valence-corrected chi connectivity index (χ4v) is 4.59. The number of aromatic nitrogens is 1. The third-order valence-electron chi connectivity index (χ3n) is 4.41. The number of hydrogen-bond donors (Lipinski definition) is 1. The van der Waals surface area contributed by atoms with Crippen molar-refractivity contribution in [1.82, 2.24) is 4.98 Å². The van der Waals surface area contributed by atoms with Crippen molar-refractivity contribution in [3.8, 4) is 0 Å². The Balaban J connectivity index is 2.16. The number of benzene rings is 2. The number of fused-ring (bicyclic) bond motifs is 1. The van der Waals surface area contributed by atoms with Crippen LogP contribution >= 0.6 is 0 Å². The number of hydrogen-bond acceptors (Lipinski definition) is 3. The molecule has 1 N–H and O–H groups in total. The van der Waals surface area contributed by atoms with Crippen LogP contribution < -0.4 is 4.72 Å². The third-order valence-corrected chi connectivity index (χ3v) is 6.04. The highest BCUT2D eigenvalue weighted by molar-refractivity contribution is 7.92. The molecule has 3 rings (SSSR count). The van der Waals surface area contributed by atoms with Crippen LogP contribution in [-0.2, 0) is 10.0 Å². The first-order valence-electron chi connectivity index (χ1n) is 7.67. The maximum absolute atomic E-state index is 13.0. The summed E-state index contributed by atoms with van der Waals surface area (Å²) >= 11 is 0. The van der Waals surface area contributed by atoms with Crippen LogP contribution in [0, 0.1) is 33.9 Å². The summed E-state index contributed by atoms with van der Waals surface area (Å²) in [5.74, 6) is 0. The van der Waals surface area contributed by atoms with E-state index < -0.39 is 10.0 Å². The van der Waals surface area contributed by atoms with Crippen molar-refractivity contribution >= 4 is 26.5 Å². The van der Waals surface area contributed by atoms with Crippen LogP contribution in [0.25, 0.3) is 10.8 Å². The molecule has 24 heavy (non-hydrogen) atoms. The molecule has 2 aromatic carbocycles. The Bertz CT molecular complexity index is 1010. The lowest BCUT2D eigenvalue weighted by atomic mass is 10.0. The minimum Gasteiger partial charge on any atom is -0.277 e. The van der Waals surface area contributed by atoms with Gasteiger partial charge in [0.2, 0.25) is 0 Å². The quantitative estimate of drug-likeness (QED) is 0.782. The van der Waals surface area contributed by atoms with E-state index in [9.17, 15) is 8.42 Å². The molecule has 1 heterocycles. The Hall–Kier alpha value is -2.40. The van der Waals surface area contributed by atoms with E-state index in [2.05, 4.69) is 15.9 Å². The highest BCUT2D eigenvalue weighted by atomic mass is 32.2. The third kappa shape index (κ3) is 2.76. The minimum atomic E-state index is -3.72. The molecule has 5 heteroatoms. The number of nitrogens with zero attached hydrogens (tertiary/aromatic N) is 1. The Labute approximate surface area is 142 Å². The number of pyridine rings is 1. The number of sulfonamides is 1. The van der Waals surface area contributed by atoms with E-state index in [0.29, 0.717) is 10.6 Å². The Kier molecular flexibility index (Phi) is 4.05. The Morgan fingerprint density at radius 1 is 1.00 bits per heavy atom. The molecule has 0 fully saturated rings. The average Bonchev–Trinajstić information content (AvgIpc) is 2.53. The van der Waals surface area contributed by atoms with Crippen molar-refractivity contribution in [2.24, 2.45) is 0 Å². The van der Waals surface area contributed by atoms with Crippen molar-refractivity contribution in [2.45, 2.75) is 32.6 Å². The van der Waals surface area contributed by atoms with Gasteiger partial charge in [-0.3, -0.25) is 9.71 Å². The predicted octanol–water partition coefficient (Wildman–Crippen LogP) is 4.07. The second-order valence-electron chi connectivity index (χ2n) is 6.02. The summed E-state index contributed by atoms with van der Waals surface area (Å²) in [4.78, 5) is 4.36. The Morgan fingerprint density at radius 2 is 1.62 bits per heavy atom. The van der Waals surface area contributed by atoms with Crippen LogP contribution in [0.5, 0.6) is 0 Å². The zero-order valence-corrected chi connectivity index (χ0v) is 15.0. The molecule has 0 saturated heterocycles. The molecule has 0 unspecified atom stereocenters. The molecule has 0 bridgehead atoms. The van der Waals surface area contributed by atoms with E-state index in [1.807, 2.05) is 58.0 Å². The predicted molar refractivity (Wildman–Crippen MR) is 96.8 cm³/mol. The molecule has 3 aromatic rings. The van der Waals surface area contributed by atoms with Gasteiger partial charge in [-0.15, -0.1) is 0 Å². The lowest BCUT2D eigenvalue weighted by molar-refractivity contribution is 0.599. The fraction of sp³-hybridized carbons (Fsp3) is 0.211. The molecule has 0 saturated carbocycles. The van der Waals surface area contributed by atoms with Gasteiger partial charge >= 0.3 is 0 Å². The van der Waals surface area contributed by atoms with Crippen molar-refractivity contribution < 1.29 is 8.42 Å². The van der Waals surface area contributed by atoms with Gasteiger partial charge in [-0.2, -0.15) is 0 Å². The smallest absolute Gasteiger partial charge is 0.262 e. The first-order valence-corrected chi connectivity index (χ1v) is 9.15. The van der Waals surface area contributed by atoms with Crippen LogP contribution in [-0.4, -0.2) is 13.4 Å². The van der Waals surface area contributed by atoms with E-state index in [1.54, 1.807) is 0 Å². The van der Waals surface area contributed by atoms with Gasteiger partial charge in [0.05, 0.1) is 23.0 Å². The van der Waals surface area contributed by atoms with Crippen LogP contribution in [0.3, 0.4) is 0 Å². The SMILES string of the molecule is Cc1cc(C)c(C)c(S(=O)(=O)Nc2cn[c]c3ccccc23)c1C. The standard InChI is InChI=1S/C19H19N2O2S/c1-12-9-13(2)15(4)19(14(12)3)24(22,23)21-18-11-20-10-16-7-5-6-8-17(16)18/h5-9,11,21H,1-4H3. The second kappa shape index (κ2) is 5.91. The van der Waals surface area contributed by atoms with E-state index >= 15 is 0 Å². The van der Waals surface area contributed by atoms with E-state index in [1.165, 1.54) is 6.20 Å². The lowest BCUT2D eigenvalue weighted by Gasteiger charge is -2.17. The van der Waals surface area contributed by atoms with Crippen molar-refractivity contribution in [2.75, 3.05) is 4.72 Å². The van der Waals surface area contributed by atoms with Crippen molar-refractivity contribution in [1.29, 1.82) is 0 Å². The number of nitrogens with one attached hydrogen (secondary N) is 1. The summed E-state index contributed by atoms with van der Waals surface area (Å²) in [7, 11) is -3.72. The molecule has 0 spiro atoms. The molecular formula is C19H19N2O2S. The molecule has 0 aliphatic heterocycles. The zero-order valence-electron chi connectivity index (χ0n) is 14.1. The van der Waals surface area contributed by atoms with Crippen LogP contribution in [0.2, 0.25) is 0 Å². The molecule has 0 aliphatic carbocycles. The molecule has 0 amide bonds. The molecule has 0 aliphatic rings. The molecule has 1 aromatic heterocycles. The maximum Gasteiger partial charge on any atom is 0.262 e. The van der Waals surface area contributed by atoms with Crippen LogP contribution in [0.4, 0.5) is 5.69 Å². The molecule has 0 atom stereocenters. The highest BCUT2D eigenvalue weighted by Gasteiger charge is 2.23. The summed E-state index contributed by atoms with van der Waals surface area (Å²) in [6.45, 7) is 7.53. The Morgan fingerprint density at radius 3 is 2.29 bits per heavy atom. The first-order chi connectivity index (χ1) is 11.3. The van der Waals surface area contributed by atoms with E-state index in [-0.39, 0.29) is 0 Å². The van der Waals surface area contributed by atoms with Crippen molar-refractivity contribution in [3.05, 3.63) is 65.0 Å². The van der Waals surface area contributed by atoms with Crippen LogP contribution in [0.15, 0.2) is 41.4 Å². The molecule has 1 radical (unpaired) electrons. The average molecular weight is 339 g/mol. The van der Waals surface area contributed by atoms with Gasteiger partial charge in [0.25, 0.3) is 10.0 Å². The minimum absolute atomic E-state index is 0.344. The summed E-state index contributed by atoms with van der Waals surface area (Å²) < 4.78 is 28.8. The van der Waals surface area contributed by atoms with Gasteiger partial charge in [-0.1, -0.05) is 30.3 Å². The topological polar surface area (TPSA) is 59.1 Å². The number of anilines is 1. The zero-order chi connectivity index (χ0) is 17.5. The van der Waals surface area contributed by atoms with Crippen LogP contribution in [0.1, 0.15) is 22.3 Å². The molecular weight excluding hydrogens is 320 g/mol. The normalized spacial score (nSPS) is 11.7. The van der Waals surface area contributed by atoms with Crippen molar-refractivity contribution in [3.63, 3.8) is 0 Å². The summed E-state index contributed by atoms with van der Waals surface area (Å²) in [6, 6.07) is 9.45. The van der Waals surface area contributed by atoms with E-state index in [0.717, 1.165) is 33.0 Å². The molecule has 4 nitrogen and oxygen atoms in total. The summed E-state index contributed by atoms with van der Waals surface area (Å²) in [6.07, 6.45) is 4.37. The first kappa shape index (κ1) is 16.5. The van der Waals surface area contributed by atoms with Gasteiger partial charge in [-0.25, -0.2) is 8.42 Å². The van der Waals surface area contributed by atoms with Gasteiger partial charge in [-0.05, 0) is 49.9 Å². The summed E-state index contributed by atoms with van der Waals surface area (Å²) in [5, 5.41) is 1.54. The second-order valence-corrected chi connectivity index (χ2v) is 7.64. The van der Waals surface area contributed by atoms with E-state index in [4.69, 9.17) is 0 Å². The molecule has 123 valence electrons. The largest absolute Gasteiger partial charge is 0.277 e. The lowest BCUT2D eigenvalue weighted by Crippen LogP contribution is -2.17. The number of rotatable bonds is 3.